The molecule has 54 valence electrons. The third-order valence-corrected chi connectivity index (χ3v) is 1.51. The Morgan fingerprint density at radius 3 is 3.00 bits per heavy atom. The predicted octanol–water partition coefficient (Wildman–Crippen LogP) is 1.11. The molecule has 0 saturated carbocycles. The largest absolute Gasteiger partial charge is 0.316 e. The van der Waals surface area contributed by atoms with Crippen molar-refractivity contribution in [1.29, 1.82) is 0 Å². The molecule has 1 heterocycles. The molecule has 2 heteroatoms. The minimum Gasteiger partial charge on any atom is -0.316 e. The average molecular weight is 136 g/mol. The lowest BCUT2D eigenvalue weighted by Crippen LogP contribution is -2.06. The number of rotatable bonds is 2. The summed E-state index contributed by atoms with van der Waals surface area (Å²) in [4.78, 5) is 4.02. The number of hydrogen-bond donors (Lipinski definition) is 1. The van der Waals surface area contributed by atoms with Crippen LogP contribution in [0, 0.1) is 6.92 Å². The molecule has 10 heavy (non-hydrogen) atoms. The van der Waals surface area contributed by atoms with Crippen LogP contribution in [-0.4, -0.2) is 12.0 Å². The molecule has 2 nitrogen and oxygen atoms in total. The fourth-order valence-electron chi connectivity index (χ4n) is 0.872. The molecule has 0 aliphatic heterocycles. The summed E-state index contributed by atoms with van der Waals surface area (Å²) in [5, 5.41) is 3.08. The Morgan fingerprint density at radius 2 is 2.40 bits per heavy atom. The van der Waals surface area contributed by atoms with Gasteiger partial charge in [-0.05, 0) is 31.2 Å². The van der Waals surface area contributed by atoms with Crippen molar-refractivity contribution in [2.24, 2.45) is 0 Å². The SMILES string of the molecule is CNCc1cnccc1C. The summed E-state index contributed by atoms with van der Waals surface area (Å²) < 4.78 is 0. The van der Waals surface area contributed by atoms with Crippen LogP contribution in [0.2, 0.25) is 0 Å². The molecule has 0 amide bonds. The van der Waals surface area contributed by atoms with Crippen LogP contribution < -0.4 is 5.32 Å². The van der Waals surface area contributed by atoms with Gasteiger partial charge in [-0.3, -0.25) is 4.98 Å². The first kappa shape index (κ1) is 7.22. The van der Waals surface area contributed by atoms with Crippen LogP contribution in [0.25, 0.3) is 0 Å². The van der Waals surface area contributed by atoms with Crippen LogP contribution >= 0.6 is 0 Å². The van der Waals surface area contributed by atoms with Gasteiger partial charge >= 0.3 is 0 Å². The lowest BCUT2D eigenvalue weighted by atomic mass is 10.2. The van der Waals surface area contributed by atoms with Gasteiger partial charge in [0, 0.05) is 18.9 Å². The quantitative estimate of drug-likeness (QED) is 0.658. The van der Waals surface area contributed by atoms with E-state index in [1.165, 1.54) is 11.1 Å². The maximum absolute atomic E-state index is 4.02. The molecule has 1 aromatic rings. The molecule has 0 bridgehead atoms. The molecule has 1 N–H and O–H groups in total. The van der Waals surface area contributed by atoms with E-state index < -0.39 is 0 Å². The molecule has 0 fully saturated rings. The van der Waals surface area contributed by atoms with Crippen LogP contribution in [0.3, 0.4) is 0 Å². The number of pyridine rings is 1. The van der Waals surface area contributed by atoms with Gasteiger partial charge < -0.3 is 5.32 Å². The van der Waals surface area contributed by atoms with Crippen molar-refractivity contribution in [2.75, 3.05) is 7.05 Å². The van der Waals surface area contributed by atoms with Crippen molar-refractivity contribution in [2.45, 2.75) is 13.5 Å². The van der Waals surface area contributed by atoms with Gasteiger partial charge in [-0.1, -0.05) is 0 Å². The Balaban J connectivity index is 2.81. The molecule has 0 aliphatic carbocycles. The maximum Gasteiger partial charge on any atom is 0.0315 e. The highest BCUT2D eigenvalue weighted by molar-refractivity contribution is 5.20. The Morgan fingerprint density at radius 1 is 1.60 bits per heavy atom. The third-order valence-electron chi connectivity index (χ3n) is 1.51. The van der Waals surface area contributed by atoms with E-state index in [2.05, 4.69) is 17.2 Å². The molecule has 1 rings (SSSR count). The molecule has 0 unspecified atom stereocenters. The van der Waals surface area contributed by atoms with E-state index in [1.54, 1.807) is 0 Å². The zero-order valence-electron chi connectivity index (χ0n) is 6.39. The van der Waals surface area contributed by atoms with Crippen molar-refractivity contribution >= 4 is 0 Å². The minimum atomic E-state index is 0.902. The minimum absolute atomic E-state index is 0.902. The van der Waals surface area contributed by atoms with E-state index >= 15 is 0 Å². The molecule has 0 aromatic carbocycles. The molecular formula is C8H12N2. The van der Waals surface area contributed by atoms with Crippen LogP contribution in [0.15, 0.2) is 18.5 Å². The van der Waals surface area contributed by atoms with Crippen molar-refractivity contribution in [3.63, 3.8) is 0 Å². The summed E-state index contributed by atoms with van der Waals surface area (Å²) in [6, 6.07) is 2.02. The fourth-order valence-corrected chi connectivity index (χ4v) is 0.872. The summed E-state index contributed by atoms with van der Waals surface area (Å²) in [6.45, 7) is 2.99. The van der Waals surface area contributed by atoms with E-state index in [0.29, 0.717) is 0 Å². The van der Waals surface area contributed by atoms with E-state index in [4.69, 9.17) is 0 Å². The van der Waals surface area contributed by atoms with Gasteiger partial charge in [0.2, 0.25) is 0 Å². The van der Waals surface area contributed by atoms with Crippen LogP contribution in [0.4, 0.5) is 0 Å². The molecule has 0 radical (unpaired) electrons. The van der Waals surface area contributed by atoms with Crippen LogP contribution in [0.5, 0.6) is 0 Å². The smallest absolute Gasteiger partial charge is 0.0315 e. The van der Waals surface area contributed by atoms with Gasteiger partial charge in [-0.15, -0.1) is 0 Å². The monoisotopic (exact) mass is 136 g/mol. The second-order valence-electron chi connectivity index (χ2n) is 2.33. The molecule has 0 aliphatic rings. The lowest BCUT2D eigenvalue weighted by molar-refractivity contribution is 0.807. The summed E-state index contributed by atoms with van der Waals surface area (Å²) in [7, 11) is 1.94. The normalized spacial score (nSPS) is 9.80. The molecular weight excluding hydrogens is 124 g/mol. The Labute approximate surface area is 61.3 Å². The molecule has 0 atom stereocenters. The molecule has 1 aromatic heterocycles. The van der Waals surface area contributed by atoms with Gasteiger partial charge in [-0.2, -0.15) is 0 Å². The Kier molecular flexibility index (Phi) is 2.40. The first-order chi connectivity index (χ1) is 4.84. The zero-order valence-corrected chi connectivity index (χ0v) is 6.39. The highest BCUT2D eigenvalue weighted by atomic mass is 14.8. The number of hydrogen-bond acceptors (Lipinski definition) is 2. The Hall–Kier alpha value is -0.890. The van der Waals surface area contributed by atoms with Gasteiger partial charge in [0.25, 0.3) is 0 Å². The van der Waals surface area contributed by atoms with Gasteiger partial charge in [0.05, 0.1) is 0 Å². The highest BCUT2D eigenvalue weighted by Crippen LogP contribution is 2.02. The van der Waals surface area contributed by atoms with Crippen molar-refractivity contribution < 1.29 is 0 Å². The standard InChI is InChI=1S/C8H12N2/c1-7-3-4-10-6-8(7)5-9-2/h3-4,6,9H,5H2,1-2H3. The van der Waals surface area contributed by atoms with Crippen LogP contribution in [-0.2, 0) is 6.54 Å². The van der Waals surface area contributed by atoms with Crippen LogP contribution in [0.1, 0.15) is 11.1 Å². The third kappa shape index (κ3) is 1.54. The number of aryl methyl sites for hydroxylation is 1. The number of nitrogens with one attached hydrogen (secondary N) is 1. The summed E-state index contributed by atoms with van der Waals surface area (Å²) >= 11 is 0. The lowest BCUT2D eigenvalue weighted by Gasteiger charge is -2.01. The van der Waals surface area contributed by atoms with E-state index in [9.17, 15) is 0 Å². The zero-order chi connectivity index (χ0) is 7.40. The molecule has 0 saturated heterocycles. The summed E-state index contributed by atoms with van der Waals surface area (Å²) in [6.07, 6.45) is 3.71. The first-order valence-electron chi connectivity index (χ1n) is 3.38. The van der Waals surface area contributed by atoms with E-state index in [-0.39, 0.29) is 0 Å². The molecule has 0 spiro atoms. The van der Waals surface area contributed by atoms with Crippen molar-refractivity contribution in [1.82, 2.24) is 10.3 Å². The number of aromatic nitrogens is 1. The second kappa shape index (κ2) is 3.32. The van der Waals surface area contributed by atoms with E-state index in [0.717, 1.165) is 6.54 Å². The average Bonchev–Trinajstić information content (AvgIpc) is 1.94. The Bertz CT molecular complexity index is 208. The van der Waals surface area contributed by atoms with Gasteiger partial charge in [0.15, 0.2) is 0 Å². The maximum atomic E-state index is 4.02. The van der Waals surface area contributed by atoms with Crippen molar-refractivity contribution in [3.8, 4) is 0 Å². The topological polar surface area (TPSA) is 24.9 Å². The predicted molar refractivity (Wildman–Crippen MR) is 41.7 cm³/mol. The number of nitrogens with zero attached hydrogens (tertiary/aromatic N) is 1. The second-order valence-corrected chi connectivity index (χ2v) is 2.33. The summed E-state index contributed by atoms with van der Waals surface area (Å²) in [5.74, 6) is 0. The first-order valence-corrected chi connectivity index (χ1v) is 3.38. The highest BCUT2D eigenvalue weighted by Gasteiger charge is 1.93. The van der Waals surface area contributed by atoms with E-state index in [1.807, 2.05) is 25.5 Å². The van der Waals surface area contributed by atoms with Gasteiger partial charge in [-0.25, -0.2) is 0 Å². The van der Waals surface area contributed by atoms with Crippen molar-refractivity contribution in [3.05, 3.63) is 29.6 Å². The fraction of sp³-hybridized carbons (Fsp3) is 0.375. The van der Waals surface area contributed by atoms with Gasteiger partial charge in [0.1, 0.15) is 0 Å². The summed E-state index contributed by atoms with van der Waals surface area (Å²) in [5.41, 5.74) is 2.56.